The van der Waals surface area contributed by atoms with Crippen molar-refractivity contribution in [3.05, 3.63) is 35.2 Å². The van der Waals surface area contributed by atoms with E-state index in [9.17, 15) is 4.79 Å². The molecule has 1 aliphatic carbocycles. The zero-order valence-electron chi connectivity index (χ0n) is 12.1. The number of thiazole rings is 1. The van der Waals surface area contributed by atoms with Crippen LogP contribution in [0, 0.1) is 12.8 Å². The largest absolute Gasteiger partial charge is 0.308 e. The molecule has 1 aromatic carbocycles. The van der Waals surface area contributed by atoms with Gasteiger partial charge in [-0.2, -0.15) is 0 Å². The second-order valence-electron chi connectivity index (χ2n) is 5.48. The summed E-state index contributed by atoms with van der Waals surface area (Å²) in [7, 11) is 0. The van der Waals surface area contributed by atoms with E-state index in [1.807, 2.05) is 23.6 Å². The zero-order valence-corrected chi connectivity index (χ0v) is 12.9. The molecular weight excluding hydrogens is 282 g/mol. The maximum absolute atomic E-state index is 11.8. The molecule has 2 N–H and O–H groups in total. The fourth-order valence-electron chi connectivity index (χ4n) is 2.19. The van der Waals surface area contributed by atoms with Gasteiger partial charge in [-0.25, -0.2) is 4.98 Å². The topological polar surface area (TPSA) is 54.0 Å². The lowest BCUT2D eigenvalue weighted by atomic mass is 10.1. The molecule has 0 bridgehead atoms. The first-order valence-electron chi connectivity index (χ1n) is 7.24. The smallest absolute Gasteiger partial charge is 0.240 e. The third-order valence-corrected chi connectivity index (χ3v) is 4.34. The lowest BCUT2D eigenvalue weighted by molar-refractivity contribution is -0.115. The van der Waals surface area contributed by atoms with Gasteiger partial charge in [-0.3, -0.25) is 4.79 Å². The second-order valence-corrected chi connectivity index (χ2v) is 6.33. The van der Waals surface area contributed by atoms with Crippen LogP contribution in [-0.2, 0) is 4.79 Å². The second kappa shape index (κ2) is 6.37. The van der Waals surface area contributed by atoms with Gasteiger partial charge in [0.25, 0.3) is 0 Å². The molecule has 4 nitrogen and oxygen atoms in total. The molecule has 1 amide bonds. The van der Waals surface area contributed by atoms with Crippen molar-refractivity contribution in [2.75, 3.05) is 18.4 Å². The quantitative estimate of drug-likeness (QED) is 0.862. The van der Waals surface area contributed by atoms with E-state index in [0.29, 0.717) is 11.7 Å². The highest BCUT2D eigenvalue weighted by Crippen LogP contribution is 2.28. The van der Waals surface area contributed by atoms with Crippen molar-refractivity contribution >= 4 is 22.4 Å². The molecule has 5 heteroatoms. The average molecular weight is 301 g/mol. The summed E-state index contributed by atoms with van der Waals surface area (Å²) in [6, 6.07) is 8.13. The van der Waals surface area contributed by atoms with Crippen molar-refractivity contribution < 1.29 is 4.79 Å². The van der Waals surface area contributed by atoms with Crippen LogP contribution in [0.2, 0.25) is 0 Å². The molecule has 2 aromatic rings. The van der Waals surface area contributed by atoms with Gasteiger partial charge in [0.1, 0.15) is 0 Å². The summed E-state index contributed by atoms with van der Waals surface area (Å²) in [6.07, 6.45) is 2.59. The molecule has 0 radical (unpaired) electrons. The molecular formula is C16H19N3OS. The Labute approximate surface area is 128 Å². The standard InChI is InChI=1S/C16H19N3OS/c1-11-4-2-3-5-13(11)14-10-21-16(18-14)19-15(20)9-17-8-12-6-7-12/h2-5,10,12,17H,6-9H2,1H3,(H,18,19,20). The van der Waals surface area contributed by atoms with Gasteiger partial charge in [-0.15, -0.1) is 11.3 Å². The minimum Gasteiger partial charge on any atom is -0.308 e. The van der Waals surface area contributed by atoms with E-state index in [0.717, 1.165) is 23.7 Å². The first kappa shape index (κ1) is 14.2. The van der Waals surface area contributed by atoms with Crippen molar-refractivity contribution in [2.24, 2.45) is 5.92 Å². The number of carbonyl (C=O) groups is 1. The fourth-order valence-corrected chi connectivity index (χ4v) is 2.92. The first-order valence-corrected chi connectivity index (χ1v) is 8.12. The van der Waals surface area contributed by atoms with Crippen LogP contribution in [-0.4, -0.2) is 24.0 Å². The normalized spacial score (nSPS) is 14.1. The van der Waals surface area contributed by atoms with Gasteiger partial charge in [-0.1, -0.05) is 24.3 Å². The summed E-state index contributed by atoms with van der Waals surface area (Å²) in [6.45, 7) is 3.37. The number of carbonyl (C=O) groups excluding carboxylic acids is 1. The van der Waals surface area contributed by atoms with Gasteiger partial charge in [0.15, 0.2) is 5.13 Å². The Balaban J connectivity index is 1.57. The van der Waals surface area contributed by atoms with Crippen LogP contribution in [0.15, 0.2) is 29.6 Å². The summed E-state index contributed by atoms with van der Waals surface area (Å²) in [5, 5.41) is 8.67. The fraction of sp³-hybridized carbons (Fsp3) is 0.375. The van der Waals surface area contributed by atoms with Crippen LogP contribution in [0.5, 0.6) is 0 Å². The van der Waals surface area contributed by atoms with Crippen molar-refractivity contribution in [3.8, 4) is 11.3 Å². The Kier molecular flexibility index (Phi) is 4.31. The van der Waals surface area contributed by atoms with E-state index in [-0.39, 0.29) is 5.91 Å². The lowest BCUT2D eigenvalue weighted by Crippen LogP contribution is -2.29. The maximum atomic E-state index is 11.8. The molecule has 110 valence electrons. The SMILES string of the molecule is Cc1ccccc1-c1csc(NC(=O)CNCC2CC2)n1. The summed E-state index contributed by atoms with van der Waals surface area (Å²) in [4.78, 5) is 16.3. The lowest BCUT2D eigenvalue weighted by Gasteiger charge is -2.03. The Hall–Kier alpha value is -1.72. The number of hydrogen-bond donors (Lipinski definition) is 2. The van der Waals surface area contributed by atoms with E-state index in [1.54, 1.807) is 0 Å². The summed E-state index contributed by atoms with van der Waals surface area (Å²) in [5.41, 5.74) is 3.22. The molecule has 1 saturated carbocycles. The molecule has 0 unspecified atom stereocenters. The monoisotopic (exact) mass is 301 g/mol. The summed E-state index contributed by atoms with van der Waals surface area (Å²) < 4.78 is 0. The number of aryl methyl sites for hydroxylation is 1. The van der Waals surface area contributed by atoms with Crippen LogP contribution in [0.1, 0.15) is 18.4 Å². The van der Waals surface area contributed by atoms with E-state index in [4.69, 9.17) is 0 Å². The number of rotatable bonds is 6. The van der Waals surface area contributed by atoms with Gasteiger partial charge in [0.2, 0.25) is 5.91 Å². The molecule has 0 spiro atoms. The van der Waals surface area contributed by atoms with Crippen LogP contribution in [0.4, 0.5) is 5.13 Å². The first-order chi connectivity index (χ1) is 10.2. The number of amides is 1. The van der Waals surface area contributed by atoms with E-state index >= 15 is 0 Å². The number of nitrogens with zero attached hydrogens (tertiary/aromatic N) is 1. The van der Waals surface area contributed by atoms with Crippen LogP contribution < -0.4 is 10.6 Å². The van der Waals surface area contributed by atoms with E-state index < -0.39 is 0 Å². The Morgan fingerprint density at radius 2 is 2.19 bits per heavy atom. The zero-order chi connectivity index (χ0) is 14.7. The molecule has 1 aliphatic rings. The molecule has 21 heavy (non-hydrogen) atoms. The van der Waals surface area contributed by atoms with Gasteiger partial charge < -0.3 is 10.6 Å². The summed E-state index contributed by atoms with van der Waals surface area (Å²) in [5.74, 6) is 0.756. The highest BCUT2D eigenvalue weighted by atomic mass is 32.1. The number of benzene rings is 1. The predicted molar refractivity (Wildman–Crippen MR) is 86.5 cm³/mol. The van der Waals surface area contributed by atoms with Crippen molar-refractivity contribution in [2.45, 2.75) is 19.8 Å². The molecule has 0 atom stereocenters. The third-order valence-electron chi connectivity index (χ3n) is 3.59. The molecule has 1 fully saturated rings. The third kappa shape index (κ3) is 3.89. The van der Waals surface area contributed by atoms with Crippen LogP contribution in [0.3, 0.4) is 0 Å². The minimum atomic E-state index is -0.0265. The molecule has 0 saturated heterocycles. The van der Waals surface area contributed by atoms with Crippen LogP contribution >= 0.6 is 11.3 Å². The average Bonchev–Trinajstić information content (AvgIpc) is 3.18. The van der Waals surface area contributed by atoms with Gasteiger partial charge in [-0.05, 0) is 37.8 Å². The molecule has 1 aromatic heterocycles. The van der Waals surface area contributed by atoms with Crippen molar-refractivity contribution in [1.29, 1.82) is 0 Å². The van der Waals surface area contributed by atoms with Gasteiger partial charge >= 0.3 is 0 Å². The van der Waals surface area contributed by atoms with Crippen molar-refractivity contribution in [3.63, 3.8) is 0 Å². The Bertz CT molecular complexity index is 634. The van der Waals surface area contributed by atoms with E-state index in [2.05, 4.69) is 28.6 Å². The van der Waals surface area contributed by atoms with Crippen molar-refractivity contribution in [1.82, 2.24) is 10.3 Å². The Morgan fingerprint density at radius 3 is 2.95 bits per heavy atom. The van der Waals surface area contributed by atoms with Gasteiger partial charge in [0, 0.05) is 10.9 Å². The maximum Gasteiger partial charge on any atom is 0.240 e. The highest BCUT2D eigenvalue weighted by Gasteiger charge is 2.20. The number of hydrogen-bond acceptors (Lipinski definition) is 4. The minimum absolute atomic E-state index is 0.0265. The highest BCUT2D eigenvalue weighted by molar-refractivity contribution is 7.14. The van der Waals surface area contributed by atoms with Crippen LogP contribution in [0.25, 0.3) is 11.3 Å². The number of aromatic nitrogens is 1. The molecule has 1 heterocycles. The summed E-state index contributed by atoms with van der Waals surface area (Å²) >= 11 is 1.46. The van der Waals surface area contributed by atoms with E-state index in [1.165, 1.54) is 29.7 Å². The Morgan fingerprint density at radius 1 is 1.38 bits per heavy atom. The number of nitrogens with one attached hydrogen (secondary N) is 2. The van der Waals surface area contributed by atoms with Gasteiger partial charge in [0.05, 0.1) is 12.2 Å². The predicted octanol–water partition coefficient (Wildman–Crippen LogP) is 3.06. The molecule has 3 rings (SSSR count). The molecule has 0 aliphatic heterocycles. The number of anilines is 1.